The summed E-state index contributed by atoms with van der Waals surface area (Å²) in [6.07, 6.45) is 1.41. The predicted octanol–water partition coefficient (Wildman–Crippen LogP) is 3.27. The fourth-order valence-corrected chi connectivity index (χ4v) is 2.49. The highest BCUT2D eigenvalue weighted by molar-refractivity contribution is 7.19. The summed E-state index contributed by atoms with van der Waals surface area (Å²) in [5.74, 6) is 5.65. The van der Waals surface area contributed by atoms with Crippen molar-refractivity contribution in [3.8, 4) is 11.8 Å². The summed E-state index contributed by atoms with van der Waals surface area (Å²) >= 11 is 1.22. The van der Waals surface area contributed by atoms with Crippen LogP contribution in [0.25, 0.3) is 10.3 Å². The maximum atomic E-state index is 13.5. The Labute approximate surface area is 119 Å². The second-order valence-electron chi connectivity index (χ2n) is 4.04. The van der Waals surface area contributed by atoms with Crippen molar-refractivity contribution in [3.63, 3.8) is 0 Å². The van der Waals surface area contributed by atoms with Gasteiger partial charge in [0.25, 0.3) is 0 Å². The average Bonchev–Trinajstić information content (AvgIpc) is 2.90. The summed E-state index contributed by atoms with van der Waals surface area (Å²) in [7, 11) is 1.86. The van der Waals surface area contributed by atoms with Gasteiger partial charge in [-0.05, 0) is 36.3 Å². The molecule has 3 rings (SSSR count). The molecule has 0 fully saturated rings. The molecule has 3 nitrogen and oxygen atoms in total. The van der Waals surface area contributed by atoms with E-state index in [1.807, 2.05) is 31.3 Å². The van der Waals surface area contributed by atoms with Gasteiger partial charge in [0, 0.05) is 24.5 Å². The highest BCUT2D eigenvalue weighted by atomic mass is 32.1. The number of pyridine rings is 1. The number of benzene rings is 1. The first-order valence-corrected chi connectivity index (χ1v) is 6.79. The standard InChI is InChI=1S/C15H10FN3S/c1-17-11-5-2-10(3-6-11)4-7-13-19-15-14(20-13)12(16)8-9-18-15/h2-3,5-6,8-9,17H,1H3. The monoisotopic (exact) mass is 283 g/mol. The number of thiazole rings is 1. The molecule has 0 aliphatic rings. The summed E-state index contributed by atoms with van der Waals surface area (Å²) in [6, 6.07) is 9.07. The topological polar surface area (TPSA) is 37.8 Å². The first kappa shape index (κ1) is 12.6. The van der Waals surface area contributed by atoms with Gasteiger partial charge in [0.15, 0.2) is 10.7 Å². The van der Waals surface area contributed by atoms with Crippen LogP contribution >= 0.6 is 11.3 Å². The minimum atomic E-state index is -0.307. The molecule has 0 radical (unpaired) electrons. The molecule has 98 valence electrons. The van der Waals surface area contributed by atoms with Crippen molar-refractivity contribution >= 4 is 27.4 Å². The summed E-state index contributed by atoms with van der Waals surface area (Å²) in [6.45, 7) is 0. The van der Waals surface area contributed by atoms with Crippen LogP contribution in [0.4, 0.5) is 10.1 Å². The summed E-state index contributed by atoms with van der Waals surface area (Å²) in [5, 5.41) is 3.61. The van der Waals surface area contributed by atoms with Crippen molar-refractivity contribution in [2.24, 2.45) is 0 Å². The maximum Gasteiger partial charge on any atom is 0.174 e. The van der Waals surface area contributed by atoms with Crippen LogP contribution < -0.4 is 5.32 Å². The fourth-order valence-electron chi connectivity index (χ4n) is 1.70. The molecule has 0 saturated carbocycles. The predicted molar refractivity (Wildman–Crippen MR) is 79.3 cm³/mol. The third-order valence-electron chi connectivity index (χ3n) is 2.73. The number of nitrogens with zero attached hydrogens (tertiary/aromatic N) is 2. The van der Waals surface area contributed by atoms with Crippen molar-refractivity contribution in [3.05, 3.63) is 52.9 Å². The van der Waals surface area contributed by atoms with Gasteiger partial charge < -0.3 is 5.32 Å². The number of fused-ring (bicyclic) bond motifs is 1. The molecule has 20 heavy (non-hydrogen) atoms. The molecular formula is C15H10FN3S. The molecular weight excluding hydrogens is 273 g/mol. The largest absolute Gasteiger partial charge is 0.388 e. The number of rotatable bonds is 1. The van der Waals surface area contributed by atoms with Crippen molar-refractivity contribution in [2.45, 2.75) is 0 Å². The zero-order valence-electron chi connectivity index (χ0n) is 10.6. The van der Waals surface area contributed by atoms with Crippen LogP contribution in [0.5, 0.6) is 0 Å². The van der Waals surface area contributed by atoms with Gasteiger partial charge in [-0.3, -0.25) is 0 Å². The molecule has 0 atom stereocenters. The van der Waals surface area contributed by atoms with Crippen molar-refractivity contribution in [1.29, 1.82) is 0 Å². The van der Waals surface area contributed by atoms with Crippen LogP contribution in [-0.4, -0.2) is 17.0 Å². The van der Waals surface area contributed by atoms with Gasteiger partial charge in [0.1, 0.15) is 10.5 Å². The number of hydrogen-bond donors (Lipinski definition) is 1. The molecule has 1 aromatic carbocycles. The number of hydrogen-bond acceptors (Lipinski definition) is 4. The van der Waals surface area contributed by atoms with Gasteiger partial charge >= 0.3 is 0 Å². The zero-order valence-corrected chi connectivity index (χ0v) is 11.5. The van der Waals surface area contributed by atoms with Gasteiger partial charge in [-0.2, -0.15) is 0 Å². The zero-order chi connectivity index (χ0) is 13.9. The lowest BCUT2D eigenvalue weighted by molar-refractivity contribution is 0.640. The molecule has 0 spiro atoms. The van der Waals surface area contributed by atoms with E-state index >= 15 is 0 Å². The van der Waals surface area contributed by atoms with E-state index in [1.165, 1.54) is 23.6 Å². The van der Waals surface area contributed by atoms with Crippen molar-refractivity contribution < 1.29 is 4.39 Å². The molecule has 0 bridgehead atoms. The molecule has 2 heterocycles. The highest BCUT2D eigenvalue weighted by Crippen LogP contribution is 2.22. The smallest absolute Gasteiger partial charge is 0.174 e. The van der Waals surface area contributed by atoms with Gasteiger partial charge in [-0.25, -0.2) is 14.4 Å². The Morgan fingerprint density at radius 3 is 2.65 bits per heavy atom. The number of aromatic nitrogens is 2. The second kappa shape index (κ2) is 5.27. The van der Waals surface area contributed by atoms with Crippen LogP contribution in [0.1, 0.15) is 10.6 Å². The molecule has 0 aliphatic carbocycles. The van der Waals surface area contributed by atoms with Crippen molar-refractivity contribution in [2.75, 3.05) is 12.4 Å². The Morgan fingerprint density at radius 2 is 1.95 bits per heavy atom. The van der Waals surface area contributed by atoms with Crippen LogP contribution in [0.15, 0.2) is 36.5 Å². The van der Waals surface area contributed by atoms with E-state index in [-0.39, 0.29) is 5.82 Å². The van der Waals surface area contributed by atoms with Crippen molar-refractivity contribution in [1.82, 2.24) is 9.97 Å². The normalized spacial score (nSPS) is 10.1. The molecule has 0 unspecified atom stereocenters. The molecule has 2 aromatic heterocycles. The second-order valence-corrected chi connectivity index (χ2v) is 5.04. The lowest BCUT2D eigenvalue weighted by Gasteiger charge is -1.97. The van der Waals surface area contributed by atoms with E-state index in [4.69, 9.17) is 0 Å². The molecule has 5 heteroatoms. The Hall–Kier alpha value is -2.45. The maximum absolute atomic E-state index is 13.5. The summed E-state index contributed by atoms with van der Waals surface area (Å²) < 4.78 is 14.0. The summed E-state index contributed by atoms with van der Waals surface area (Å²) in [4.78, 5) is 8.23. The Balaban J connectivity index is 1.93. The minimum Gasteiger partial charge on any atom is -0.388 e. The van der Waals surface area contributed by atoms with E-state index < -0.39 is 0 Å². The van der Waals surface area contributed by atoms with E-state index in [1.54, 1.807) is 0 Å². The fraction of sp³-hybridized carbons (Fsp3) is 0.0667. The third kappa shape index (κ3) is 2.46. The van der Waals surface area contributed by atoms with Gasteiger partial charge in [0.05, 0.1) is 0 Å². The Bertz CT molecular complexity index is 812. The van der Waals surface area contributed by atoms with E-state index in [2.05, 4.69) is 27.1 Å². The molecule has 0 saturated heterocycles. The SMILES string of the molecule is CNc1ccc(C#Cc2nc3nccc(F)c3s2)cc1. The molecule has 0 aliphatic heterocycles. The first-order valence-electron chi connectivity index (χ1n) is 5.97. The third-order valence-corrected chi connectivity index (χ3v) is 3.70. The Morgan fingerprint density at radius 1 is 1.15 bits per heavy atom. The molecule has 1 N–H and O–H groups in total. The lowest BCUT2D eigenvalue weighted by Crippen LogP contribution is -1.86. The lowest BCUT2D eigenvalue weighted by atomic mass is 10.2. The van der Waals surface area contributed by atoms with Gasteiger partial charge in [-0.1, -0.05) is 5.92 Å². The van der Waals surface area contributed by atoms with Crippen LogP contribution in [-0.2, 0) is 0 Å². The number of halogens is 1. The van der Waals surface area contributed by atoms with E-state index in [0.717, 1.165) is 11.3 Å². The molecule has 3 aromatic rings. The highest BCUT2D eigenvalue weighted by Gasteiger charge is 2.06. The molecule has 0 amide bonds. The number of anilines is 1. The summed E-state index contributed by atoms with van der Waals surface area (Å²) in [5.41, 5.74) is 2.32. The Kier molecular flexibility index (Phi) is 3.32. The van der Waals surface area contributed by atoms with Crippen LogP contribution in [0.3, 0.4) is 0 Å². The van der Waals surface area contributed by atoms with E-state index in [9.17, 15) is 4.39 Å². The van der Waals surface area contributed by atoms with Crippen LogP contribution in [0.2, 0.25) is 0 Å². The van der Waals surface area contributed by atoms with E-state index in [0.29, 0.717) is 15.4 Å². The average molecular weight is 283 g/mol. The first-order chi connectivity index (χ1) is 9.76. The van der Waals surface area contributed by atoms with Gasteiger partial charge in [0.2, 0.25) is 0 Å². The number of nitrogens with one attached hydrogen (secondary N) is 1. The quantitative estimate of drug-likeness (QED) is 0.696. The minimum absolute atomic E-state index is 0.307. The van der Waals surface area contributed by atoms with Crippen LogP contribution in [0, 0.1) is 17.7 Å². The van der Waals surface area contributed by atoms with Gasteiger partial charge in [-0.15, -0.1) is 11.3 Å².